The predicted octanol–water partition coefficient (Wildman–Crippen LogP) is 0.0443. The van der Waals surface area contributed by atoms with Crippen LogP contribution in [0.15, 0.2) is 0 Å². The van der Waals surface area contributed by atoms with Gasteiger partial charge in [0.25, 0.3) is 0 Å². The van der Waals surface area contributed by atoms with Crippen molar-refractivity contribution in [3.05, 3.63) is 0 Å². The predicted molar refractivity (Wildman–Crippen MR) is 48.8 cm³/mol. The average molecular weight is 218 g/mol. The molecule has 0 spiro atoms. The number of hydrogen-bond donors (Lipinski definition) is 0. The van der Waals surface area contributed by atoms with Crippen LogP contribution in [-0.2, 0) is 28.6 Å². The molecule has 0 N–H and O–H groups in total. The van der Waals surface area contributed by atoms with E-state index in [9.17, 15) is 14.4 Å². The van der Waals surface area contributed by atoms with Gasteiger partial charge in [0.1, 0.15) is 6.61 Å². The highest BCUT2D eigenvalue weighted by Crippen LogP contribution is 1.97. The van der Waals surface area contributed by atoms with Gasteiger partial charge in [-0.3, -0.25) is 4.79 Å². The summed E-state index contributed by atoms with van der Waals surface area (Å²) in [5.74, 6) is -2.23. The number of rotatable bonds is 5. The SMILES string of the molecule is CCC(=O)OC(=O)C(C)OC(=O)COC. The first kappa shape index (κ1) is 13.6. The molecule has 0 aromatic heterocycles. The van der Waals surface area contributed by atoms with E-state index in [0.29, 0.717) is 0 Å². The Morgan fingerprint density at radius 2 is 1.80 bits per heavy atom. The van der Waals surface area contributed by atoms with E-state index in [1.54, 1.807) is 6.92 Å². The van der Waals surface area contributed by atoms with Crippen LogP contribution in [0.1, 0.15) is 20.3 Å². The molecular formula is C9H14O6. The van der Waals surface area contributed by atoms with Crippen molar-refractivity contribution in [1.82, 2.24) is 0 Å². The van der Waals surface area contributed by atoms with Gasteiger partial charge in [-0.05, 0) is 6.92 Å². The maximum atomic E-state index is 11.1. The molecule has 1 unspecified atom stereocenters. The van der Waals surface area contributed by atoms with Crippen molar-refractivity contribution < 1.29 is 28.6 Å². The third-order valence-electron chi connectivity index (χ3n) is 1.41. The maximum absolute atomic E-state index is 11.1. The Balaban J connectivity index is 3.98. The molecule has 15 heavy (non-hydrogen) atoms. The molecule has 0 amide bonds. The fourth-order valence-electron chi connectivity index (χ4n) is 0.664. The van der Waals surface area contributed by atoms with Crippen molar-refractivity contribution >= 4 is 17.9 Å². The second-order valence-electron chi connectivity index (χ2n) is 2.71. The number of ether oxygens (including phenoxy) is 3. The molecule has 6 heteroatoms. The Labute approximate surface area is 87.5 Å². The van der Waals surface area contributed by atoms with E-state index in [2.05, 4.69) is 14.2 Å². The van der Waals surface area contributed by atoms with E-state index in [-0.39, 0.29) is 13.0 Å². The zero-order valence-electron chi connectivity index (χ0n) is 8.94. The normalized spacial score (nSPS) is 11.7. The molecule has 0 saturated carbocycles. The quantitative estimate of drug-likeness (QED) is 0.479. The van der Waals surface area contributed by atoms with Gasteiger partial charge in [0.15, 0.2) is 6.10 Å². The van der Waals surface area contributed by atoms with E-state index in [1.807, 2.05) is 0 Å². The smallest absolute Gasteiger partial charge is 0.354 e. The van der Waals surface area contributed by atoms with Crippen LogP contribution < -0.4 is 0 Å². The molecule has 0 fully saturated rings. The average Bonchev–Trinajstić information content (AvgIpc) is 2.17. The summed E-state index contributed by atoms with van der Waals surface area (Å²) >= 11 is 0. The molecule has 6 nitrogen and oxygen atoms in total. The lowest BCUT2D eigenvalue weighted by Gasteiger charge is -2.10. The Kier molecular flexibility index (Phi) is 6.28. The number of esters is 3. The molecule has 0 heterocycles. The second kappa shape index (κ2) is 6.94. The number of carbonyl (C=O) groups excluding carboxylic acids is 3. The summed E-state index contributed by atoms with van der Waals surface area (Å²) in [6.45, 7) is 2.62. The summed E-state index contributed by atoms with van der Waals surface area (Å²) in [7, 11) is 1.32. The molecule has 0 saturated heterocycles. The summed E-state index contributed by atoms with van der Waals surface area (Å²) in [5.41, 5.74) is 0. The van der Waals surface area contributed by atoms with Gasteiger partial charge in [-0.25, -0.2) is 9.59 Å². The van der Waals surface area contributed by atoms with Gasteiger partial charge in [-0.1, -0.05) is 6.92 Å². The fourth-order valence-corrected chi connectivity index (χ4v) is 0.664. The first-order valence-corrected chi connectivity index (χ1v) is 4.44. The topological polar surface area (TPSA) is 78.9 Å². The van der Waals surface area contributed by atoms with Gasteiger partial charge < -0.3 is 14.2 Å². The highest BCUT2D eigenvalue weighted by Gasteiger charge is 2.21. The minimum Gasteiger partial charge on any atom is -0.449 e. The van der Waals surface area contributed by atoms with Gasteiger partial charge in [0.2, 0.25) is 0 Å². The minimum atomic E-state index is -1.11. The number of hydrogen-bond acceptors (Lipinski definition) is 6. The van der Waals surface area contributed by atoms with Crippen LogP contribution in [0.5, 0.6) is 0 Å². The van der Waals surface area contributed by atoms with Gasteiger partial charge in [0, 0.05) is 13.5 Å². The van der Waals surface area contributed by atoms with E-state index >= 15 is 0 Å². The summed E-state index contributed by atoms with van der Waals surface area (Å²) in [6.07, 6.45) is -1.02. The van der Waals surface area contributed by atoms with Crippen molar-refractivity contribution in [1.29, 1.82) is 0 Å². The van der Waals surface area contributed by atoms with E-state index in [0.717, 1.165) is 0 Å². The third-order valence-corrected chi connectivity index (χ3v) is 1.41. The van der Waals surface area contributed by atoms with Crippen LogP contribution in [0.4, 0.5) is 0 Å². The Morgan fingerprint density at radius 1 is 1.20 bits per heavy atom. The van der Waals surface area contributed by atoms with Gasteiger partial charge in [0.05, 0.1) is 0 Å². The fraction of sp³-hybridized carbons (Fsp3) is 0.667. The Morgan fingerprint density at radius 3 is 2.27 bits per heavy atom. The first-order chi connectivity index (χ1) is 7.01. The van der Waals surface area contributed by atoms with Gasteiger partial charge in [-0.2, -0.15) is 0 Å². The molecule has 86 valence electrons. The lowest BCUT2D eigenvalue weighted by molar-refractivity contribution is -0.174. The van der Waals surface area contributed by atoms with Crippen LogP contribution in [-0.4, -0.2) is 37.7 Å². The standard InChI is InChI=1S/C9H14O6/c1-4-7(10)15-9(12)6(2)14-8(11)5-13-3/h6H,4-5H2,1-3H3. The van der Waals surface area contributed by atoms with Crippen LogP contribution in [0.3, 0.4) is 0 Å². The minimum absolute atomic E-state index is 0.0878. The van der Waals surface area contributed by atoms with Crippen molar-refractivity contribution in [3.63, 3.8) is 0 Å². The van der Waals surface area contributed by atoms with E-state index in [4.69, 9.17) is 0 Å². The second-order valence-corrected chi connectivity index (χ2v) is 2.71. The molecule has 0 bridgehead atoms. The number of methoxy groups -OCH3 is 1. The van der Waals surface area contributed by atoms with Crippen LogP contribution in [0.25, 0.3) is 0 Å². The molecule has 0 aromatic rings. The summed E-state index contributed by atoms with van der Waals surface area (Å²) in [5, 5.41) is 0. The zero-order valence-corrected chi connectivity index (χ0v) is 8.94. The molecule has 0 aliphatic rings. The van der Waals surface area contributed by atoms with Gasteiger partial charge in [-0.15, -0.1) is 0 Å². The van der Waals surface area contributed by atoms with Gasteiger partial charge >= 0.3 is 17.9 Å². The highest BCUT2D eigenvalue weighted by molar-refractivity contribution is 5.88. The highest BCUT2D eigenvalue weighted by atomic mass is 16.6. The summed E-state index contributed by atoms with van der Waals surface area (Å²) in [6, 6.07) is 0. The van der Waals surface area contributed by atoms with E-state index in [1.165, 1.54) is 14.0 Å². The molecule has 0 aliphatic carbocycles. The lowest BCUT2D eigenvalue weighted by atomic mass is 10.4. The Bertz CT molecular complexity index is 247. The molecule has 0 rings (SSSR count). The Hall–Kier alpha value is -1.43. The zero-order chi connectivity index (χ0) is 11.8. The largest absolute Gasteiger partial charge is 0.449 e. The van der Waals surface area contributed by atoms with Crippen LogP contribution >= 0.6 is 0 Å². The molecule has 0 aliphatic heterocycles. The molecule has 1 atom stereocenters. The number of carbonyl (C=O) groups is 3. The van der Waals surface area contributed by atoms with Crippen LogP contribution in [0, 0.1) is 0 Å². The summed E-state index contributed by atoms with van der Waals surface area (Å²) in [4.78, 5) is 32.7. The third kappa shape index (κ3) is 5.79. The van der Waals surface area contributed by atoms with E-state index < -0.39 is 24.0 Å². The van der Waals surface area contributed by atoms with Crippen LogP contribution in [0.2, 0.25) is 0 Å². The molecule has 0 aromatic carbocycles. The summed E-state index contributed by atoms with van der Waals surface area (Å²) < 4.78 is 13.4. The van der Waals surface area contributed by atoms with Crippen molar-refractivity contribution in [2.45, 2.75) is 26.4 Å². The molecular weight excluding hydrogens is 204 g/mol. The monoisotopic (exact) mass is 218 g/mol. The molecule has 0 radical (unpaired) electrons. The van der Waals surface area contributed by atoms with Crippen molar-refractivity contribution in [2.75, 3.05) is 13.7 Å². The van der Waals surface area contributed by atoms with Crippen molar-refractivity contribution in [3.8, 4) is 0 Å². The lowest BCUT2D eigenvalue weighted by Crippen LogP contribution is -2.29. The first-order valence-electron chi connectivity index (χ1n) is 4.44. The van der Waals surface area contributed by atoms with Crippen molar-refractivity contribution in [2.24, 2.45) is 0 Å². The maximum Gasteiger partial charge on any atom is 0.354 e.